The average molecular weight is 426 g/mol. The molecule has 6 nitrogen and oxygen atoms in total. The number of nitrogens with zero attached hydrogens (tertiary/aromatic N) is 2. The molecular formula is C23H27N3O3S. The lowest BCUT2D eigenvalue weighted by atomic mass is 10.0. The van der Waals surface area contributed by atoms with Gasteiger partial charge in [0.25, 0.3) is 0 Å². The van der Waals surface area contributed by atoms with E-state index in [1.165, 1.54) is 11.8 Å². The smallest absolute Gasteiger partial charge is 0.234 e. The van der Waals surface area contributed by atoms with Gasteiger partial charge in [0, 0.05) is 31.6 Å². The first-order valence-corrected chi connectivity index (χ1v) is 11.2. The van der Waals surface area contributed by atoms with Crippen LogP contribution in [0.3, 0.4) is 0 Å². The van der Waals surface area contributed by atoms with Crippen molar-refractivity contribution in [2.24, 2.45) is 0 Å². The third-order valence-corrected chi connectivity index (χ3v) is 6.83. The van der Waals surface area contributed by atoms with Gasteiger partial charge in [0.2, 0.25) is 11.8 Å². The van der Waals surface area contributed by atoms with Gasteiger partial charge in [-0.05, 0) is 29.7 Å². The fourth-order valence-electron chi connectivity index (χ4n) is 4.06. The Hall–Kier alpha value is -2.35. The molecule has 0 unspecified atom stereocenters. The zero-order chi connectivity index (χ0) is 21.1. The standard InChI is InChI=1S/C23H27N3O3S/c1-25(20(17-5-3-2-4-6-17)14-26-10-9-18(27)13-26)23(29)12-16-7-8-21-19(11-16)24-22(28)15-30-21/h2-8,11,18,20,27H,9-10,12-15H2,1H3,(H,24,28)/t18-,20+/m0/s1. The van der Waals surface area contributed by atoms with Gasteiger partial charge in [-0.25, -0.2) is 0 Å². The van der Waals surface area contributed by atoms with Gasteiger partial charge in [-0.15, -0.1) is 11.8 Å². The van der Waals surface area contributed by atoms with Crippen molar-refractivity contribution in [3.8, 4) is 0 Å². The highest BCUT2D eigenvalue weighted by Crippen LogP contribution is 2.32. The fraction of sp³-hybridized carbons (Fsp3) is 0.391. The fourth-order valence-corrected chi connectivity index (χ4v) is 4.85. The molecule has 1 fully saturated rings. The van der Waals surface area contributed by atoms with Gasteiger partial charge in [-0.3, -0.25) is 14.5 Å². The molecule has 2 heterocycles. The van der Waals surface area contributed by atoms with E-state index in [-0.39, 0.29) is 30.4 Å². The van der Waals surface area contributed by atoms with Gasteiger partial charge in [-0.2, -0.15) is 0 Å². The Morgan fingerprint density at radius 3 is 2.83 bits per heavy atom. The third-order valence-electron chi connectivity index (χ3n) is 5.76. The lowest BCUT2D eigenvalue weighted by Gasteiger charge is -2.32. The van der Waals surface area contributed by atoms with Crippen LogP contribution in [0.2, 0.25) is 0 Å². The maximum absolute atomic E-state index is 13.2. The van der Waals surface area contributed by atoms with Crippen molar-refractivity contribution in [1.29, 1.82) is 0 Å². The Labute approximate surface area is 181 Å². The minimum atomic E-state index is -0.286. The topological polar surface area (TPSA) is 72.9 Å². The van der Waals surface area contributed by atoms with Gasteiger partial charge in [-0.1, -0.05) is 36.4 Å². The molecule has 2 aromatic carbocycles. The minimum Gasteiger partial charge on any atom is -0.392 e. The Balaban J connectivity index is 1.49. The molecule has 2 aliphatic heterocycles. The van der Waals surface area contributed by atoms with E-state index >= 15 is 0 Å². The molecule has 0 spiro atoms. The number of hydrogen-bond donors (Lipinski definition) is 2. The van der Waals surface area contributed by atoms with Crippen LogP contribution in [-0.4, -0.2) is 65.3 Å². The quantitative estimate of drug-likeness (QED) is 0.744. The van der Waals surface area contributed by atoms with Crippen molar-refractivity contribution in [2.45, 2.75) is 29.9 Å². The van der Waals surface area contributed by atoms with Gasteiger partial charge in [0.05, 0.1) is 30.0 Å². The van der Waals surface area contributed by atoms with E-state index < -0.39 is 0 Å². The van der Waals surface area contributed by atoms with Crippen LogP contribution >= 0.6 is 11.8 Å². The lowest BCUT2D eigenvalue weighted by Crippen LogP contribution is -2.39. The number of carbonyl (C=O) groups is 2. The number of benzene rings is 2. The highest BCUT2D eigenvalue weighted by atomic mass is 32.2. The second-order valence-electron chi connectivity index (χ2n) is 7.98. The highest BCUT2D eigenvalue weighted by Gasteiger charge is 2.28. The minimum absolute atomic E-state index is 0.00923. The van der Waals surface area contributed by atoms with Crippen molar-refractivity contribution >= 4 is 29.3 Å². The van der Waals surface area contributed by atoms with E-state index in [9.17, 15) is 14.7 Å². The van der Waals surface area contributed by atoms with Crippen LogP contribution in [0.4, 0.5) is 5.69 Å². The van der Waals surface area contributed by atoms with Gasteiger partial charge in [0.1, 0.15) is 0 Å². The number of β-amino-alcohol motifs (C(OH)–C–C–N with tert-alkyl or cyclic N) is 1. The second-order valence-corrected chi connectivity index (χ2v) is 8.99. The molecule has 2 atom stereocenters. The van der Waals surface area contributed by atoms with Crippen LogP contribution in [0.5, 0.6) is 0 Å². The summed E-state index contributed by atoms with van der Waals surface area (Å²) in [7, 11) is 1.85. The molecule has 30 heavy (non-hydrogen) atoms. The summed E-state index contributed by atoms with van der Waals surface area (Å²) >= 11 is 1.52. The van der Waals surface area contributed by atoms with Crippen molar-refractivity contribution in [2.75, 3.05) is 37.8 Å². The summed E-state index contributed by atoms with van der Waals surface area (Å²) in [5.74, 6) is 0.446. The molecule has 2 aliphatic rings. The molecule has 0 aliphatic carbocycles. The second kappa shape index (κ2) is 9.20. The van der Waals surface area contributed by atoms with Crippen LogP contribution in [0.1, 0.15) is 23.6 Å². The van der Waals surface area contributed by atoms with E-state index in [1.807, 2.05) is 60.5 Å². The molecule has 4 rings (SSSR count). The van der Waals surface area contributed by atoms with Crippen molar-refractivity contribution in [1.82, 2.24) is 9.80 Å². The number of thioether (sulfide) groups is 1. The van der Waals surface area contributed by atoms with Crippen molar-refractivity contribution in [3.05, 3.63) is 59.7 Å². The molecule has 0 saturated carbocycles. The van der Waals surface area contributed by atoms with Crippen LogP contribution in [0, 0.1) is 0 Å². The SMILES string of the molecule is CN(C(=O)Cc1ccc2c(c1)NC(=O)CS2)[C@H](CN1CC[C@H](O)C1)c1ccccc1. The first-order chi connectivity index (χ1) is 14.5. The first kappa shape index (κ1) is 20.9. The summed E-state index contributed by atoms with van der Waals surface area (Å²) in [5.41, 5.74) is 2.76. The number of hydrogen-bond acceptors (Lipinski definition) is 5. The molecular weight excluding hydrogens is 398 g/mol. The first-order valence-electron chi connectivity index (χ1n) is 10.3. The summed E-state index contributed by atoms with van der Waals surface area (Å²) < 4.78 is 0. The summed E-state index contributed by atoms with van der Waals surface area (Å²) in [6.45, 7) is 2.18. The molecule has 0 aromatic heterocycles. The molecule has 7 heteroatoms. The number of fused-ring (bicyclic) bond motifs is 1. The molecule has 1 saturated heterocycles. The van der Waals surface area contributed by atoms with E-state index in [1.54, 1.807) is 0 Å². The maximum Gasteiger partial charge on any atom is 0.234 e. The summed E-state index contributed by atoms with van der Waals surface area (Å²) in [6, 6.07) is 15.8. The Morgan fingerprint density at radius 1 is 1.30 bits per heavy atom. The predicted octanol–water partition coefficient (Wildman–Crippen LogP) is 2.54. The number of amides is 2. The average Bonchev–Trinajstić information content (AvgIpc) is 3.16. The van der Waals surface area contributed by atoms with E-state index in [2.05, 4.69) is 10.2 Å². The number of anilines is 1. The van der Waals surface area contributed by atoms with Crippen molar-refractivity contribution < 1.29 is 14.7 Å². The number of carbonyl (C=O) groups excluding carboxylic acids is 2. The van der Waals surface area contributed by atoms with Gasteiger partial charge in [0.15, 0.2) is 0 Å². The number of likely N-dealkylation sites (N-methyl/N-ethyl adjacent to an activating group) is 1. The molecule has 0 bridgehead atoms. The van der Waals surface area contributed by atoms with E-state index in [0.717, 1.165) is 34.7 Å². The number of likely N-dealkylation sites (tertiary alicyclic amines) is 1. The van der Waals surface area contributed by atoms with Gasteiger partial charge >= 0.3 is 0 Å². The summed E-state index contributed by atoms with van der Waals surface area (Å²) in [6.07, 6.45) is 0.764. The maximum atomic E-state index is 13.2. The predicted molar refractivity (Wildman–Crippen MR) is 119 cm³/mol. The van der Waals surface area contributed by atoms with Crippen LogP contribution < -0.4 is 5.32 Å². The van der Waals surface area contributed by atoms with E-state index in [0.29, 0.717) is 18.8 Å². The normalized spacial score (nSPS) is 19.8. The number of aliphatic hydroxyl groups excluding tert-OH is 1. The molecule has 2 aromatic rings. The van der Waals surface area contributed by atoms with Crippen LogP contribution in [0.15, 0.2) is 53.4 Å². The third kappa shape index (κ3) is 4.86. The Morgan fingerprint density at radius 2 is 2.10 bits per heavy atom. The molecule has 2 N–H and O–H groups in total. The Kier molecular flexibility index (Phi) is 6.41. The lowest BCUT2D eigenvalue weighted by molar-refractivity contribution is -0.131. The zero-order valence-electron chi connectivity index (χ0n) is 17.1. The zero-order valence-corrected chi connectivity index (χ0v) is 17.9. The van der Waals surface area contributed by atoms with Gasteiger partial charge < -0.3 is 15.3 Å². The molecule has 0 radical (unpaired) electrons. The molecule has 158 valence electrons. The summed E-state index contributed by atoms with van der Waals surface area (Å²) in [5, 5.41) is 12.8. The summed E-state index contributed by atoms with van der Waals surface area (Å²) in [4.78, 5) is 29.9. The Bertz CT molecular complexity index is 921. The van der Waals surface area contributed by atoms with Crippen LogP contribution in [0.25, 0.3) is 0 Å². The number of rotatable bonds is 6. The van der Waals surface area contributed by atoms with E-state index in [4.69, 9.17) is 0 Å². The number of nitrogens with one attached hydrogen (secondary N) is 1. The highest BCUT2D eigenvalue weighted by molar-refractivity contribution is 8.00. The van der Waals surface area contributed by atoms with Crippen molar-refractivity contribution in [3.63, 3.8) is 0 Å². The largest absolute Gasteiger partial charge is 0.392 e. The van der Waals surface area contributed by atoms with Crippen LogP contribution in [-0.2, 0) is 16.0 Å². The number of aliphatic hydroxyl groups is 1. The molecule has 2 amide bonds. The monoisotopic (exact) mass is 425 g/mol.